The number of carbonyl (C=O) groups is 2. The van der Waals surface area contributed by atoms with E-state index in [0.717, 1.165) is 18.4 Å². The lowest BCUT2D eigenvalue weighted by Gasteiger charge is -2.10. The van der Waals surface area contributed by atoms with Gasteiger partial charge in [0.2, 0.25) is 11.8 Å². The first-order valence-corrected chi connectivity index (χ1v) is 9.62. The molecule has 0 fully saturated rings. The summed E-state index contributed by atoms with van der Waals surface area (Å²) in [7, 11) is 3.10. The summed E-state index contributed by atoms with van der Waals surface area (Å²) in [6.07, 6.45) is 3.12. The number of methoxy groups -OCH3 is 2. The molecule has 0 atom stereocenters. The summed E-state index contributed by atoms with van der Waals surface area (Å²) in [4.78, 5) is 23.9. The van der Waals surface area contributed by atoms with Crippen LogP contribution in [0, 0.1) is 0 Å². The third kappa shape index (κ3) is 7.46. The van der Waals surface area contributed by atoms with E-state index >= 15 is 0 Å². The maximum Gasteiger partial charge on any atom is 0.249 e. The number of amides is 2. The molecule has 0 aliphatic rings. The molecule has 0 aliphatic heterocycles. The Bertz CT molecular complexity index is 883. The zero-order chi connectivity index (χ0) is 21.8. The van der Waals surface area contributed by atoms with Crippen molar-refractivity contribution in [2.24, 2.45) is 5.10 Å². The van der Waals surface area contributed by atoms with Gasteiger partial charge in [0, 0.05) is 11.8 Å². The van der Waals surface area contributed by atoms with Crippen molar-refractivity contribution in [2.45, 2.75) is 26.2 Å². The SMILES string of the molecule is CCCCOc1ccc(C=NNC(=O)CC(=O)Nc2cccc(OC)c2)cc1OC. The average Bonchev–Trinajstić information content (AvgIpc) is 2.74. The summed E-state index contributed by atoms with van der Waals surface area (Å²) < 4.78 is 16.1. The van der Waals surface area contributed by atoms with Gasteiger partial charge in [-0.3, -0.25) is 9.59 Å². The van der Waals surface area contributed by atoms with Crippen LogP contribution in [0.3, 0.4) is 0 Å². The molecule has 0 unspecified atom stereocenters. The molecule has 30 heavy (non-hydrogen) atoms. The third-order valence-corrected chi connectivity index (χ3v) is 4.02. The Morgan fingerprint density at radius 1 is 1.03 bits per heavy atom. The Morgan fingerprint density at radius 3 is 2.60 bits per heavy atom. The van der Waals surface area contributed by atoms with Crippen LogP contribution in [0.15, 0.2) is 47.6 Å². The molecule has 0 spiro atoms. The van der Waals surface area contributed by atoms with Gasteiger partial charge in [-0.2, -0.15) is 5.10 Å². The standard InChI is InChI=1S/C22H27N3O5/c1-4-5-11-30-19-10-9-16(12-20(19)29-3)15-23-25-22(27)14-21(26)24-17-7-6-8-18(13-17)28-2/h6-10,12-13,15H,4-5,11,14H2,1-3H3,(H,24,26)(H,25,27). The summed E-state index contributed by atoms with van der Waals surface area (Å²) >= 11 is 0. The summed E-state index contributed by atoms with van der Waals surface area (Å²) in [6.45, 7) is 2.71. The van der Waals surface area contributed by atoms with Crippen LogP contribution < -0.4 is 25.0 Å². The second-order valence-electron chi connectivity index (χ2n) is 6.36. The van der Waals surface area contributed by atoms with Gasteiger partial charge in [0.05, 0.1) is 27.0 Å². The molecule has 0 aromatic heterocycles. The zero-order valence-electron chi connectivity index (χ0n) is 17.4. The van der Waals surface area contributed by atoms with Crippen molar-refractivity contribution in [2.75, 3.05) is 26.1 Å². The van der Waals surface area contributed by atoms with Crippen LogP contribution in [0.25, 0.3) is 0 Å². The number of rotatable bonds is 11. The van der Waals surface area contributed by atoms with E-state index in [9.17, 15) is 9.59 Å². The topological polar surface area (TPSA) is 98.2 Å². The van der Waals surface area contributed by atoms with Crippen molar-refractivity contribution in [3.05, 3.63) is 48.0 Å². The van der Waals surface area contributed by atoms with E-state index in [1.807, 2.05) is 0 Å². The number of unbranched alkanes of at least 4 members (excludes halogenated alkanes) is 1. The fraction of sp³-hybridized carbons (Fsp3) is 0.318. The number of nitrogens with zero attached hydrogens (tertiary/aromatic N) is 1. The first-order chi connectivity index (χ1) is 14.5. The predicted molar refractivity (Wildman–Crippen MR) is 115 cm³/mol. The normalized spacial score (nSPS) is 10.5. The van der Waals surface area contributed by atoms with Crippen LogP contribution >= 0.6 is 0 Å². The van der Waals surface area contributed by atoms with Gasteiger partial charge in [0.25, 0.3) is 0 Å². The minimum Gasteiger partial charge on any atom is -0.497 e. The fourth-order valence-corrected chi connectivity index (χ4v) is 2.48. The van der Waals surface area contributed by atoms with Gasteiger partial charge in [0.15, 0.2) is 11.5 Å². The lowest BCUT2D eigenvalue weighted by atomic mass is 10.2. The average molecular weight is 413 g/mol. The molecule has 8 heteroatoms. The van der Waals surface area contributed by atoms with Gasteiger partial charge in [-0.15, -0.1) is 0 Å². The van der Waals surface area contributed by atoms with Crippen molar-refractivity contribution < 1.29 is 23.8 Å². The number of ether oxygens (including phenoxy) is 3. The number of hydrogen-bond acceptors (Lipinski definition) is 6. The van der Waals surface area contributed by atoms with Gasteiger partial charge in [-0.25, -0.2) is 5.43 Å². The van der Waals surface area contributed by atoms with Crippen molar-refractivity contribution in [1.29, 1.82) is 0 Å². The molecule has 2 amide bonds. The van der Waals surface area contributed by atoms with Gasteiger partial charge < -0.3 is 19.5 Å². The van der Waals surface area contributed by atoms with Crippen LogP contribution in [-0.4, -0.2) is 38.9 Å². The number of anilines is 1. The molecule has 2 rings (SSSR count). The largest absolute Gasteiger partial charge is 0.497 e. The smallest absolute Gasteiger partial charge is 0.249 e. The first kappa shape index (κ1) is 22.7. The van der Waals surface area contributed by atoms with Crippen LogP contribution in [0.2, 0.25) is 0 Å². The lowest BCUT2D eigenvalue weighted by molar-refractivity contribution is -0.126. The van der Waals surface area contributed by atoms with Gasteiger partial charge in [0.1, 0.15) is 12.2 Å². The predicted octanol–water partition coefficient (Wildman–Crippen LogP) is 3.36. The van der Waals surface area contributed by atoms with E-state index in [-0.39, 0.29) is 6.42 Å². The van der Waals surface area contributed by atoms with Crippen molar-refractivity contribution in [3.8, 4) is 17.2 Å². The Hall–Kier alpha value is -3.55. The van der Waals surface area contributed by atoms with E-state index in [0.29, 0.717) is 29.5 Å². The summed E-state index contributed by atoms with van der Waals surface area (Å²) in [5.74, 6) is 0.865. The fourth-order valence-electron chi connectivity index (χ4n) is 2.48. The monoisotopic (exact) mass is 413 g/mol. The molecule has 160 valence electrons. The minimum absolute atomic E-state index is 0.359. The Labute approximate surface area is 176 Å². The highest BCUT2D eigenvalue weighted by Gasteiger charge is 2.10. The molecule has 0 saturated heterocycles. The summed E-state index contributed by atoms with van der Waals surface area (Å²) in [6, 6.07) is 12.2. The molecule has 0 aliphatic carbocycles. The van der Waals surface area contributed by atoms with Crippen LogP contribution in [0.5, 0.6) is 17.2 Å². The molecular weight excluding hydrogens is 386 g/mol. The highest BCUT2D eigenvalue weighted by molar-refractivity contribution is 6.03. The van der Waals surface area contributed by atoms with E-state index < -0.39 is 11.8 Å². The molecule has 2 N–H and O–H groups in total. The summed E-state index contributed by atoms with van der Waals surface area (Å²) in [5, 5.41) is 6.52. The third-order valence-electron chi connectivity index (χ3n) is 4.02. The van der Waals surface area contributed by atoms with E-state index in [1.54, 1.807) is 49.6 Å². The van der Waals surface area contributed by atoms with Crippen LogP contribution in [0.4, 0.5) is 5.69 Å². The Kier molecular flexibility index (Phi) is 9.18. The van der Waals surface area contributed by atoms with Crippen LogP contribution in [0.1, 0.15) is 31.7 Å². The maximum absolute atomic E-state index is 12.0. The molecule has 0 heterocycles. The first-order valence-electron chi connectivity index (χ1n) is 9.62. The Morgan fingerprint density at radius 2 is 1.87 bits per heavy atom. The minimum atomic E-state index is -0.530. The molecule has 2 aromatic rings. The van der Waals surface area contributed by atoms with Gasteiger partial charge in [-0.1, -0.05) is 19.4 Å². The van der Waals surface area contributed by atoms with Gasteiger partial charge in [-0.05, 0) is 42.3 Å². The number of hydrazone groups is 1. The Balaban J connectivity index is 1.85. The lowest BCUT2D eigenvalue weighted by Crippen LogP contribution is -2.24. The zero-order valence-corrected chi connectivity index (χ0v) is 17.4. The highest BCUT2D eigenvalue weighted by Crippen LogP contribution is 2.27. The quantitative estimate of drug-likeness (QED) is 0.255. The second kappa shape index (κ2) is 12.1. The molecule has 2 aromatic carbocycles. The molecular formula is C22H27N3O5. The molecule has 0 saturated carbocycles. The second-order valence-corrected chi connectivity index (χ2v) is 6.36. The van der Waals surface area contributed by atoms with E-state index in [2.05, 4.69) is 22.8 Å². The van der Waals surface area contributed by atoms with Crippen molar-refractivity contribution in [3.63, 3.8) is 0 Å². The summed E-state index contributed by atoms with van der Waals surface area (Å²) in [5.41, 5.74) is 3.60. The van der Waals surface area contributed by atoms with Crippen molar-refractivity contribution in [1.82, 2.24) is 5.43 Å². The number of carbonyl (C=O) groups excluding carboxylic acids is 2. The number of nitrogens with one attached hydrogen (secondary N) is 2. The molecule has 0 bridgehead atoms. The highest BCUT2D eigenvalue weighted by atomic mass is 16.5. The maximum atomic E-state index is 12.0. The van der Waals surface area contributed by atoms with Crippen LogP contribution in [-0.2, 0) is 9.59 Å². The number of hydrogen-bond donors (Lipinski definition) is 2. The van der Waals surface area contributed by atoms with E-state index in [4.69, 9.17) is 14.2 Å². The van der Waals surface area contributed by atoms with Gasteiger partial charge >= 0.3 is 0 Å². The molecule has 0 radical (unpaired) electrons. The number of benzene rings is 2. The van der Waals surface area contributed by atoms with Crippen molar-refractivity contribution >= 4 is 23.7 Å². The van der Waals surface area contributed by atoms with E-state index in [1.165, 1.54) is 13.3 Å². The molecule has 8 nitrogen and oxygen atoms in total.